The Morgan fingerprint density at radius 2 is 2.08 bits per heavy atom. The highest BCUT2D eigenvalue weighted by molar-refractivity contribution is 6.33. The Bertz CT molecular complexity index is 681. The number of aromatic nitrogens is 2. The third-order valence-corrected chi connectivity index (χ3v) is 4.45. The van der Waals surface area contributed by atoms with Crippen LogP contribution >= 0.6 is 11.6 Å². The van der Waals surface area contributed by atoms with Crippen LogP contribution in [0.2, 0.25) is 5.02 Å². The van der Waals surface area contributed by atoms with Crippen LogP contribution in [0.3, 0.4) is 0 Å². The van der Waals surface area contributed by atoms with E-state index in [1.54, 1.807) is 12.1 Å². The molecule has 7 heteroatoms. The first-order valence-electron chi connectivity index (χ1n) is 8.25. The molecule has 1 aromatic heterocycles. The summed E-state index contributed by atoms with van der Waals surface area (Å²) in [4.78, 5) is 14.6. The number of hydrogen-bond donors (Lipinski definition) is 3. The van der Waals surface area contributed by atoms with Crippen molar-refractivity contribution < 1.29 is 4.79 Å². The molecule has 1 amide bonds. The fourth-order valence-corrected chi connectivity index (χ4v) is 3.01. The maximum Gasteiger partial charge on any atom is 0.269 e. The number of nitrogens with zero attached hydrogens (tertiary/aromatic N) is 2. The van der Waals surface area contributed by atoms with Crippen LogP contribution in [0.1, 0.15) is 16.9 Å². The quantitative estimate of drug-likeness (QED) is 0.696. The van der Waals surface area contributed by atoms with Crippen LogP contribution in [-0.2, 0) is 0 Å². The van der Waals surface area contributed by atoms with E-state index in [0.717, 1.165) is 44.7 Å². The Kier molecular flexibility index (Phi) is 5.85. The van der Waals surface area contributed by atoms with Gasteiger partial charge in [-0.15, -0.1) is 0 Å². The minimum atomic E-state index is -0.138. The van der Waals surface area contributed by atoms with Crippen LogP contribution in [0.25, 0.3) is 11.3 Å². The van der Waals surface area contributed by atoms with Gasteiger partial charge in [-0.3, -0.25) is 9.89 Å². The van der Waals surface area contributed by atoms with E-state index < -0.39 is 0 Å². The molecule has 0 spiro atoms. The third-order valence-electron chi connectivity index (χ3n) is 4.12. The summed E-state index contributed by atoms with van der Waals surface area (Å²) < 4.78 is 0. The SMILES string of the molecule is O=C(NCCCN1CCNCC1)c1cc(-c2ccccc2Cl)n[nH]1. The van der Waals surface area contributed by atoms with Crippen molar-refractivity contribution in [3.8, 4) is 11.3 Å². The van der Waals surface area contributed by atoms with Crippen LogP contribution in [-0.4, -0.2) is 60.3 Å². The maximum absolute atomic E-state index is 12.2. The van der Waals surface area contributed by atoms with Gasteiger partial charge in [0.05, 0.1) is 10.7 Å². The zero-order valence-electron chi connectivity index (χ0n) is 13.5. The molecule has 1 saturated heterocycles. The van der Waals surface area contributed by atoms with Crippen molar-refractivity contribution in [3.05, 3.63) is 41.0 Å². The smallest absolute Gasteiger partial charge is 0.269 e. The van der Waals surface area contributed by atoms with E-state index >= 15 is 0 Å². The van der Waals surface area contributed by atoms with E-state index in [2.05, 4.69) is 25.7 Å². The average molecular weight is 348 g/mol. The molecule has 1 aliphatic rings. The van der Waals surface area contributed by atoms with Crippen molar-refractivity contribution in [3.63, 3.8) is 0 Å². The number of carbonyl (C=O) groups is 1. The molecule has 1 fully saturated rings. The van der Waals surface area contributed by atoms with Gasteiger partial charge in [-0.1, -0.05) is 29.8 Å². The molecule has 0 saturated carbocycles. The van der Waals surface area contributed by atoms with Crippen molar-refractivity contribution in [1.82, 2.24) is 25.7 Å². The summed E-state index contributed by atoms with van der Waals surface area (Å²) in [6, 6.07) is 9.18. The molecule has 0 aliphatic carbocycles. The number of H-pyrrole nitrogens is 1. The normalized spacial score (nSPS) is 15.4. The predicted octanol–water partition coefficient (Wildman–Crippen LogP) is 1.76. The molecule has 3 N–H and O–H groups in total. The largest absolute Gasteiger partial charge is 0.351 e. The molecule has 0 atom stereocenters. The molecular formula is C17H22ClN5O. The number of nitrogens with one attached hydrogen (secondary N) is 3. The molecule has 0 radical (unpaired) electrons. The fraction of sp³-hybridized carbons (Fsp3) is 0.412. The zero-order valence-corrected chi connectivity index (χ0v) is 14.3. The van der Waals surface area contributed by atoms with Crippen molar-refractivity contribution >= 4 is 17.5 Å². The Labute approximate surface area is 146 Å². The number of piperazine rings is 1. The lowest BCUT2D eigenvalue weighted by molar-refractivity contribution is 0.0946. The number of benzene rings is 1. The fourth-order valence-electron chi connectivity index (χ4n) is 2.78. The molecule has 3 rings (SSSR count). The number of rotatable bonds is 6. The lowest BCUT2D eigenvalue weighted by Crippen LogP contribution is -2.44. The Morgan fingerprint density at radius 1 is 1.29 bits per heavy atom. The van der Waals surface area contributed by atoms with E-state index in [9.17, 15) is 4.79 Å². The van der Waals surface area contributed by atoms with E-state index in [0.29, 0.717) is 23.0 Å². The second-order valence-corrected chi connectivity index (χ2v) is 6.26. The van der Waals surface area contributed by atoms with Crippen LogP contribution < -0.4 is 10.6 Å². The highest BCUT2D eigenvalue weighted by Crippen LogP contribution is 2.26. The van der Waals surface area contributed by atoms with Gasteiger partial charge in [0, 0.05) is 38.3 Å². The van der Waals surface area contributed by atoms with Gasteiger partial charge < -0.3 is 15.5 Å². The molecule has 6 nitrogen and oxygen atoms in total. The van der Waals surface area contributed by atoms with Crippen LogP contribution in [0.15, 0.2) is 30.3 Å². The molecule has 2 heterocycles. The molecule has 2 aromatic rings. The Balaban J connectivity index is 1.48. The summed E-state index contributed by atoms with van der Waals surface area (Å²) in [5.41, 5.74) is 1.94. The Morgan fingerprint density at radius 3 is 2.88 bits per heavy atom. The van der Waals surface area contributed by atoms with Gasteiger partial charge in [-0.25, -0.2) is 0 Å². The van der Waals surface area contributed by atoms with Gasteiger partial charge in [0.15, 0.2) is 0 Å². The van der Waals surface area contributed by atoms with Gasteiger partial charge in [-0.05, 0) is 25.1 Å². The van der Waals surface area contributed by atoms with Crippen molar-refractivity contribution in [2.75, 3.05) is 39.3 Å². The first kappa shape index (κ1) is 17.0. The van der Waals surface area contributed by atoms with Crippen molar-refractivity contribution in [2.24, 2.45) is 0 Å². The lowest BCUT2D eigenvalue weighted by atomic mass is 10.1. The number of aromatic amines is 1. The summed E-state index contributed by atoms with van der Waals surface area (Å²) in [5, 5.41) is 13.8. The van der Waals surface area contributed by atoms with Gasteiger partial charge in [0.1, 0.15) is 5.69 Å². The summed E-state index contributed by atoms with van der Waals surface area (Å²) >= 11 is 6.16. The minimum absolute atomic E-state index is 0.138. The third kappa shape index (κ3) is 4.35. The molecule has 1 aliphatic heterocycles. The van der Waals surface area contributed by atoms with Crippen LogP contribution in [0.4, 0.5) is 0 Å². The number of carbonyl (C=O) groups excluding carboxylic acids is 1. The van der Waals surface area contributed by atoms with Gasteiger partial charge >= 0.3 is 0 Å². The van der Waals surface area contributed by atoms with Crippen molar-refractivity contribution in [1.29, 1.82) is 0 Å². The summed E-state index contributed by atoms with van der Waals surface area (Å²) in [7, 11) is 0. The molecule has 128 valence electrons. The first-order valence-corrected chi connectivity index (χ1v) is 8.63. The lowest BCUT2D eigenvalue weighted by Gasteiger charge is -2.26. The minimum Gasteiger partial charge on any atom is -0.351 e. The monoisotopic (exact) mass is 347 g/mol. The second kappa shape index (κ2) is 8.28. The van der Waals surface area contributed by atoms with Gasteiger partial charge in [0.25, 0.3) is 5.91 Å². The Hall–Kier alpha value is -1.89. The maximum atomic E-state index is 12.2. The van der Waals surface area contributed by atoms with Crippen LogP contribution in [0, 0.1) is 0 Å². The second-order valence-electron chi connectivity index (χ2n) is 5.85. The molecule has 1 aromatic carbocycles. The highest BCUT2D eigenvalue weighted by atomic mass is 35.5. The molecule has 0 bridgehead atoms. The van der Waals surface area contributed by atoms with Gasteiger partial charge in [-0.2, -0.15) is 5.10 Å². The van der Waals surface area contributed by atoms with E-state index in [-0.39, 0.29) is 5.91 Å². The number of amides is 1. The topological polar surface area (TPSA) is 73.1 Å². The van der Waals surface area contributed by atoms with E-state index in [4.69, 9.17) is 11.6 Å². The van der Waals surface area contributed by atoms with E-state index in [1.807, 2.05) is 18.2 Å². The summed E-state index contributed by atoms with van der Waals surface area (Å²) in [6.07, 6.45) is 0.942. The molecule has 0 unspecified atom stereocenters. The summed E-state index contributed by atoms with van der Waals surface area (Å²) in [5.74, 6) is -0.138. The number of hydrogen-bond acceptors (Lipinski definition) is 4. The van der Waals surface area contributed by atoms with E-state index in [1.165, 1.54) is 0 Å². The molecule has 24 heavy (non-hydrogen) atoms. The summed E-state index contributed by atoms with van der Waals surface area (Å²) in [6.45, 7) is 5.92. The first-order chi connectivity index (χ1) is 11.7. The average Bonchev–Trinajstić information content (AvgIpc) is 3.10. The molecular weight excluding hydrogens is 326 g/mol. The van der Waals surface area contributed by atoms with Gasteiger partial charge in [0.2, 0.25) is 0 Å². The predicted molar refractivity (Wildman–Crippen MR) is 95.3 cm³/mol. The van der Waals surface area contributed by atoms with Crippen LogP contribution in [0.5, 0.6) is 0 Å². The number of halogens is 1. The highest BCUT2D eigenvalue weighted by Gasteiger charge is 2.13. The standard InChI is InChI=1S/C17H22ClN5O/c18-14-5-2-1-4-13(14)15-12-16(22-21-15)17(24)20-6-3-9-23-10-7-19-8-11-23/h1-2,4-5,12,19H,3,6-11H2,(H,20,24)(H,21,22). The van der Waals surface area contributed by atoms with Crippen molar-refractivity contribution in [2.45, 2.75) is 6.42 Å². The zero-order chi connectivity index (χ0) is 16.8.